The minimum atomic E-state index is -0.249. The third-order valence-corrected chi connectivity index (χ3v) is 4.53. The lowest BCUT2D eigenvalue weighted by molar-refractivity contribution is -0.121. The van der Waals surface area contributed by atoms with E-state index in [1.54, 1.807) is 12.1 Å². The first-order chi connectivity index (χ1) is 11.7. The molecule has 2 aromatic carbocycles. The summed E-state index contributed by atoms with van der Waals surface area (Å²) < 4.78 is 13.6. The second-order valence-electron chi connectivity index (χ2n) is 6.25. The summed E-state index contributed by atoms with van der Waals surface area (Å²) in [5.74, 6) is -0.212. The number of hydrogen-bond donors (Lipinski definition) is 1. The zero-order valence-corrected chi connectivity index (χ0v) is 13.7. The third-order valence-electron chi connectivity index (χ3n) is 4.53. The van der Waals surface area contributed by atoms with Gasteiger partial charge < -0.3 is 5.32 Å². The minimum Gasteiger partial charge on any atom is -0.355 e. The van der Waals surface area contributed by atoms with Crippen LogP contribution in [-0.2, 0) is 11.2 Å². The van der Waals surface area contributed by atoms with E-state index in [2.05, 4.69) is 34.5 Å². The quantitative estimate of drug-likeness (QED) is 0.914. The lowest BCUT2D eigenvalue weighted by Gasteiger charge is -2.29. The van der Waals surface area contributed by atoms with Crippen LogP contribution in [-0.4, -0.2) is 30.4 Å². The van der Waals surface area contributed by atoms with E-state index in [1.165, 1.54) is 11.6 Å². The molecule has 1 aliphatic rings. The molecule has 1 atom stereocenters. The number of benzene rings is 2. The van der Waals surface area contributed by atoms with Gasteiger partial charge in [-0.2, -0.15) is 0 Å². The molecule has 0 saturated carbocycles. The number of nitrogens with one attached hydrogen (secondary N) is 1. The van der Waals surface area contributed by atoms with Gasteiger partial charge in [-0.25, -0.2) is 4.39 Å². The molecule has 1 heterocycles. The van der Waals surface area contributed by atoms with Crippen LogP contribution in [0.5, 0.6) is 0 Å². The van der Waals surface area contributed by atoms with Crippen molar-refractivity contribution >= 4 is 5.91 Å². The van der Waals surface area contributed by atoms with Crippen molar-refractivity contribution < 1.29 is 9.18 Å². The molecule has 1 unspecified atom stereocenters. The molecule has 0 aliphatic carbocycles. The zero-order valence-electron chi connectivity index (χ0n) is 13.7. The topological polar surface area (TPSA) is 32.3 Å². The number of hydrogen-bond acceptors (Lipinski definition) is 2. The van der Waals surface area contributed by atoms with Crippen molar-refractivity contribution in [1.82, 2.24) is 10.2 Å². The van der Waals surface area contributed by atoms with Gasteiger partial charge in [0, 0.05) is 25.6 Å². The molecule has 2 aromatic rings. The summed E-state index contributed by atoms with van der Waals surface area (Å²) in [4.78, 5) is 14.3. The highest BCUT2D eigenvalue weighted by Gasteiger charge is 2.26. The zero-order chi connectivity index (χ0) is 16.8. The summed E-state index contributed by atoms with van der Waals surface area (Å²) in [5.41, 5.74) is 2.20. The number of amides is 1. The standard InChI is InChI=1S/C20H23FN2O/c21-18-10-4-9-17(14-18)19-15-20(24)22-11-13-23(19)12-5-8-16-6-2-1-3-7-16/h1-4,6-7,9-10,14,19H,5,8,11-13,15H2,(H,22,24). The molecule has 1 amide bonds. The summed E-state index contributed by atoms with van der Waals surface area (Å²) in [6, 6.07) is 17.0. The van der Waals surface area contributed by atoms with Crippen LogP contribution in [0, 0.1) is 5.82 Å². The monoisotopic (exact) mass is 326 g/mol. The SMILES string of the molecule is O=C1CC(c2cccc(F)c2)N(CCCc2ccccc2)CCN1. The Morgan fingerprint density at radius 2 is 1.96 bits per heavy atom. The van der Waals surface area contributed by atoms with Gasteiger partial charge in [-0.05, 0) is 42.6 Å². The van der Waals surface area contributed by atoms with E-state index in [4.69, 9.17) is 0 Å². The van der Waals surface area contributed by atoms with E-state index < -0.39 is 0 Å². The van der Waals surface area contributed by atoms with E-state index in [1.807, 2.05) is 12.1 Å². The van der Waals surface area contributed by atoms with E-state index in [0.29, 0.717) is 13.0 Å². The summed E-state index contributed by atoms with van der Waals surface area (Å²) >= 11 is 0. The lowest BCUT2D eigenvalue weighted by atomic mass is 10.0. The van der Waals surface area contributed by atoms with Crippen molar-refractivity contribution in [2.24, 2.45) is 0 Å². The molecule has 0 bridgehead atoms. The average molecular weight is 326 g/mol. The van der Waals surface area contributed by atoms with Crippen LogP contribution in [0.25, 0.3) is 0 Å². The summed E-state index contributed by atoms with van der Waals surface area (Å²) in [7, 11) is 0. The van der Waals surface area contributed by atoms with E-state index in [9.17, 15) is 9.18 Å². The van der Waals surface area contributed by atoms with Crippen molar-refractivity contribution in [3.05, 3.63) is 71.5 Å². The molecule has 0 aromatic heterocycles. The van der Waals surface area contributed by atoms with Crippen LogP contribution >= 0.6 is 0 Å². The number of carbonyl (C=O) groups excluding carboxylic acids is 1. The average Bonchev–Trinajstić information content (AvgIpc) is 2.77. The Kier molecular flexibility index (Phi) is 5.59. The van der Waals surface area contributed by atoms with Gasteiger partial charge in [0.15, 0.2) is 0 Å². The Balaban J connectivity index is 1.69. The normalized spacial score (nSPS) is 18.9. The number of carbonyl (C=O) groups is 1. The molecule has 3 rings (SSSR count). The van der Waals surface area contributed by atoms with Crippen molar-refractivity contribution in [3.63, 3.8) is 0 Å². The predicted molar refractivity (Wildman–Crippen MR) is 93.1 cm³/mol. The number of aryl methyl sites for hydroxylation is 1. The third kappa shape index (κ3) is 4.42. The van der Waals surface area contributed by atoms with E-state index in [-0.39, 0.29) is 17.8 Å². The van der Waals surface area contributed by atoms with Gasteiger partial charge in [-0.3, -0.25) is 9.69 Å². The Labute approximate surface area is 142 Å². The first-order valence-electron chi connectivity index (χ1n) is 8.52. The second-order valence-corrected chi connectivity index (χ2v) is 6.25. The highest BCUT2D eigenvalue weighted by atomic mass is 19.1. The largest absolute Gasteiger partial charge is 0.355 e. The Bertz CT molecular complexity index is 674. The van der Waals surface area contributed by atoms with Gasteiger partial charge >= 0.3 is 0 Å². The van der Waals surface area contributed by atoms with Crippen LogP contribution in [0.3, 0.4) is 0 Å². The summed E-state index contributed by atoms with van der Waals surface area (Å²) in [6.07, 6.45) is 2.41. The Morgan fingerprint density at radius 3 is 2.75 bits per heavy atom. The highest BCUT2D eigenvalue weighted by molar-refractivity contribution is 5.77. The molecule has 1 fully saturated rings. The van der Waals surface area contributed by atoms with Gasteiger partial charge in [0.1, 0.15) is 5.82 Å². The predicted octanol–water partition coefficient (Wildman–Crippen LogP) is 3.32. The minimum absolute atomic E-state index is 0.0369. The Morgan fingerprint density at radius 1 is 1.12 bits per heavy atom. The molecule has 0 radical (unpaired) electrons. The highest BCUT2D eigenvalue weighted by Crippen LogP contribution is 2.26. The molecule has 4 heteroatoms. The summed E-state index contributed by atoms with van der Waals surface area (Å²) in [5, 5.41) is 2.92. The van der Waals surface area contributed by atoms with Crippen molar-refractivity contribution in [3.8, 4) is 0 Å². The Hall–Kier alpha value is -2.20. The van der Waals surface area contributed by atoms with Crippen LogP contribution in [0.15, 0.2) is 54.6 Å². The number of rotatable bonds is 5. The number of nitrogens with zero attached hydrogens (tertiary/aromatic N) is 1. The van der Waals surface area contributed by atoms with Gasteiger partial charge in [0.05, 0.1) is 0 Å². The molecule has 1 aliphatic heterocycles. The molecular formula is C20H23FN2O. The van der Waals surface area contributed by atoms with Crippen molar-refractivity contribution in [2.45, 2.75) is 25.3 Å². The van der Waals surface area contributed by atoms with Crippen molar-refractivity contribution in [2.75, 3.05) is 19.6 Å². The van der Waals surface area contributed by atoms with Crippen LogP contribution in [0.1, 0.15) is 30.0 Å². The molecular weight excluding hydrogens is 303 g/mol. The molecule has 0 spiro atoms. The molecule has 1 saturated heterocycles. The first-order valence-corrected chi connectivity index (χ1v) is 8.52. The maximum atomic E-state index is 13.6. The lowest BCUT2D eigenvalue weighted by Crippen LogP contribution is -2.32. The van der Waals surface area contributed by atoms with Gasteiger partial charge in [-0.1, -0.05) is 42.5 Å². The van der Waals surface area contributed by atoms with Gasteiger partial charge in [-0.15, -0.1) is 0 Å². The van der Waals surface area contributed by atoms with E-state index in [0.717, 1.165) is 31.5 Å². The van der Waals surface area contributed by atoms with Crippen LogP contribution in [0.2, 0.25) is 0 Å². The summed E-state index contributed by atoms with van der Waals surface area (Å²) in [6.45, 7) is 2.34. The molecule has 1 N–H and O–H groups in total. The smallest absolute Gasteiger partial charge is 0.221 e. The molecule has 3 nitrogen and oxygen atoms in total. The van der Waals surface area contributed by atoms with Crippen LogP contribution in [0.4, 0.5) is 4.39 Å². The fourth-order valence-electron chi connectivity index (χ4n) is 3.31. The van der Waals surface area contributed by atoms with Crippen molar-refractivity contribution in [1.29, 1.82) is 0 Å². The van der Waals surface area contributed by atoms with E-state index >= 15 is 0 Å². The van der Waals surface area contributed by atoms with Gasteiger partial charge in [0.2, 0.25) is 5.91 Å². The van der Waals surface area contributed by atoms with Gasteiger partial charge in [0.25, 0.3) is 0 Å². The van der Waals surface area contributed by atoms with Crippen LogP contribution < -0.4 is 5.32 Å². The molecule has 126 valence electrons. The first kappa shape index (κ1) is 16.7. The fraction of sp³-hybridized carbons (Fsp3) is 0.350. The number of halogens is 1. The second kappa shape index (κ2) is 8.06. The molecule has 24 heavy (non-hydrogen) atoms. The maximum absolute atomic E-state index is 13.6. The fourth-order valence-corrected chi connectivity index (χ4v) is 3.31. The maximum Gasteiger partial charge on any atom is 0.221 e.